The van der Waals surface area contributed by atoms with Gasteiger partial charge < -0.3 is 5.32 Å². The summed E-state index contributed by atoms with van der Waals surface area (Å²) in [5, 5.41) is 3.63. The molecule has 0 aliphatic rings. The van der Waals surface area contributed by atoms with Crippen molar-refractivity contribution in [3.8, 4) is 11.3 Å². The molecule has 0 bridgehead atoms. The van der Waals surface area contributed by atoms with Gasteiger partial charge in [-0.2, -0.15) is 13.2 Å². The van der Waals surface area contributed by atoms with E-state index in [0.717, 1.165) is 11.6 Å². The number of hydrogen-bond donors (Lipinski definition) is 1. The van der Waals surface area contributed by atoms with Gasteiger partial charge in [0, 0.05) is 5.56 Å². The van der Waals surface area contributed by atoms with Gasteiger partial charge in [0.25, 0.3) is 5.91 Å². The molecule has 1 N–H and O–H groups in total. The Hall–Kier alpha value is -2.74. The van der Waals surface area contributed by atoms with Crippen molar-refractivity contribution in [3.05, 3.63) is 70.5 Å². The summed E-state index contributed by atoms with van der Waals surface area (Å²) in [5.41, 5.74) is -0.331. The van der Waals surface area contributed by atoms with E-state index in [0.29, 0.717) is 27.8 Å². The van der Waals surface area contributed by atoms with Crippen LogP contribution in [0.5, 0.6) is 0 Å². The zero-order valence-electron chi connectivity index (χ0n) is 13.4. The maximum atomic E-state index is 14.0. The first kappa shape index (κ1) is 18.1. The Morgan fingerprint density at radius 2 is 1.81 bits per heavy atom. The van der Waals surface area contributed by atoms with E-state index in [1.54, 1.807) is 6.92 Å². The van der Waals surface area contributed by atoms with Gasteiger partial charge in [0.05, 0.1) is 16.1 Å². The molecule has 0 spiro atoms. The van der Waals surface area contributed by atoms with Crippen molar-refractivity contribution in [2.45, 2.75) is 13.1 Å². The second-order valence-electron chi connectivity index (χ2n) is 5.42. The molecule has 0 radical (unpaired) electrons. The molecule has 1 aromatic heterocycles. The van der Waals surface area contributed by atoms with Crippen LogP contribution in [-0.2, 0) is 6.18 Å². The highest BCUT2D eigenvalue weighted by Gasteiger charge is 2.31. The molecule has 0 unspecified atom stereocenters. The molecule has 0 fully saturated rings. The van der Waals surface area contributed by atoms with E-state index in [9.17, 15) is 22.4 Å². The highest BCUT2D eigenvalue weighted by Crippen LogP contribution is 2.34. The van der Waals surface area contributed by atoms with Crippen molar-refractivity contribution in [2.75, 3.05) is 5.32 Å². The second kappa shape index (κ2) is 6.87. The lowest BCUT2D eigenvalue weighted by Gasteiger charge is -2.09. The highest BCUT2D eigenvalue weighted by molar-refractivity contribution is 7.16. The molecule has 0 saturated carbocycles. The quantitative estimate of drug-likeness (QED) is 0.607. The van der Waals surface area contributed by atoms with E-state index in [4.69, 9.17) is 0 Å². The van der Waals surface area contributed by atoms with E-state index in [1.165, 1.54) is 11.3 Å². The first-order valence-electron chi connectivity index (χ1n) is 7.46. The molecular weight excluding hydrogens is 368 g/mol. The van der Waals surface area contributed by atoms with Gasteiger partial charge in [-0.05, 0) is 25.1 Å². The topological polar surface area (TPSA) is 42.0 Å². The summed E-state index contributed by atoms with van der Waals surface area (Å²) in [7, 11) is 0. The second-order valence-corrected chi connectivity index (χ2v) is 6.63. The van der Waals surface area contributed by atoms with E-state index in [1.807, 2.05) is 30.3 Å². The molecule has 1 amide bonds. The normalized spacial score (nSPS) is 11.4. The molecule has 0 aliphatic carbocycles. The van der Waals surface area contributed by atoms with Crippen LogP contribution in [-0.4, -0.2) is 10.9 Å². The maximum absolute atomic E-state index is 14.0. The van der Waals surface area contributed by atoms with Gasteiger partial charge in [0.15, 0.2) is 0 Å². The Morgan fingerprint density at radius 3 is 2.42 bits per heavy atom. The third kappa shape index (κ3) is 3.75. The van der Waals surface area contributed by atoms with Crippen LogP contribution in [0.2, 0.25) is 0 Å². The van der Waals surface area contributed by atoms with Crippen LogP contribution in [0.15, 0.2) is 48.5 Å². The van der Waals surface area contributed by atoms with Gasteiger partial charge >= 0.3 is 6.18 Å². The number of nitrogens with zero attached hydrogens (tertiary/aromatic N) is 1. The number of aromatic nitrogens is 1. The first-order valence-corrected chi connectivity index (χ1v) is 8.28. The molecule has 26 heavy (non-hydrogen) atoms. The van der Waals surface area contributed by atoms with Crippen molar-refractivity contribution in [2.24, 2.45) is 0 Å². The number of anilines is 1. The Bertz CT molecular complexity index is 952. The number of aryl methyl sites for hydroxylation is 1. The molecule has 8 heteroatoms. The lowest BCUT2D eigenvalue weighted by atomic mass is 10.1. The zero-order chi connectivity index (χ0) is 18.9. The number of carbonyl (C=O) groups is 1. The van der Waals surface area contributed by atoms with Gasteiger partial charge in [-0.1, -0.05) is 30.3 Å². The molecule has 0 aliphatic heterocycles. The molecule has 3 nitrogen and oxygen atoms in total. The van der Waals surface area contributed by atoms with E-state index < -0.39 is 29.0 Å². The van der Waals surface area contributed by atoms with E-state index >= 15 is 0 Å². The third-order valence-electron chi connectivity index (χ3n) is 3.55. The summed E-state index contributed by atoms with van der Waals surface area (Å²) < 4.78 is 51.8. The fraction of sp³-hybridized carbons (Fsp3) is 0.111. The largest absolute Gasteiger partial charge is 0.416 e. The smallest absolute Gasteiger partial charge is 0.312 e. The standard InChI is InChI=1S/C18H12F4N2OS/c1-10-23-15(11-5-3-2-4-6-11)17(26-10)24-16(25)13-8-7-12(9-14(13)19)18(20,21)22/h2-9H,1H3,(H,24,25). The number of carbonyl (C=O) groups excluding carboxylic acids is 1. The number of alkyl halides is 3. The third-order valence-corrected chi connectivity index (χ3v) is 4.44. The molecule has 134 valence electrons. The van der Waals surface area contributed by atoms with Crippen LogP contribution in [0.25, 0.3) is 11.3 Å². The number of hydrogen-bond acceptors (Lipinski definition) is 3. The minimum Gasteiger partial charge on any atom is -0.312 e. The van der Waals surface area contributed by atoms with Crippen LogP contribution < -0.4 is 5.32 Å². The lowest BCUT2D eigenvalue weighted by molar-refractivity contribution is -0.137. The number of rotatable bonds is 3. The van der Waals surface area contributed by atoms with Gasteiger partial charge in [-0.25, -0.2) is 9.37 Å². The number of nitrogens with one attached hydrogen (secondary N) is 1. The molecule has 3 aromatic rings. The van der Waals surface area contributed by atoms with Crippen LogP contribution in [0.4, 0.5) is 22.6 Å². The average molecular weight is 380 g/mol. The van der Waals surface area contributed by atoms with Gasteiger partial charge in [0.1, 0.15) is 16.5 Å². The minimum absolute atomic E-state index is 0.310. The molecule has 1 heterocycles. The Labute approximate surface area is 150 Å². The molecule has 3 rings (SSSR count). The number of halogens is 4. The lowest BCUT2D eigenvalue weighted by Crippen LogP contribution is -2.15. The van der Waals surface area contributed by atoms with Gasteiger partial charge in [0.2, 0.25) is 0 Å². The highest BCUT2D eigenvalue weighted by atomic mass is 32.1. The number of amides is 1. The maximum Gasteiger partial charge on any atom is 0.416 e. The Morgan fingerprint density at radius 1 is 1.12 bits per heavy atom. The summed E-state index contributed by atoms with van der Waals surface area (Å²) in [6.07, 6.45) is -4.68. The predicted molar refractivity (Wildman–Crippen MR) is 91.6 cm³/mol. The monoisotopic (exact) mass is 380 g/mol. The average Bonchev–Trinajstić information content (AvgIpc) is 2.95. The van der Waals surface area contributed by atoms with Crippen LogP contribution in [0, 0.1) is 12.7 Å². The summed E-state index contributed by atoms with van der Waals surface area (Å²) >= 11 is 1.20. The fourth-order valence-electron chi connectivity index (χ4n) is 2.35. The van der Waals surface area contributed by atoms with E-state index in [-0.39, 0.29) is 0 Å². The summed E-state index contributed by atoms with van der Waals surface area (Å²) in [4.78, 5) is 16.7. The van der Waals surface area contributed by atoms with Gasteiger partial charge in [-0.3, -0.25) is 4.79 Å². The van der Waals surface area contributed by atoms with Crippen LogP contribution in [0.1, 0.15) is 20.9 Å². The summed E-state index contributed by atoms with van der Waals surface area (Å²) in [5.74, 6) is -2.07. The van der Waals surface area contributed by atoms with Crippen molar-refractivity contribution >= 4 is 22.2 Å². The van der Waals surface area contributed by atoms with Crippen LogP contribution >= 0.6 is 11.3 Å². The molecular formula is C18H12F4N2OS. The van der Waals surface area contributed by atoms with Crippen molar-refractivity contribution < 1.29 is 22.4 Å². The fourth-order valence-corrected chi connectivity index (χ4v) is 3.19. The SMILES string of the molecule is Cc1nc(-c2ccccc2)c(NC(=O)c2ccc(C(F)(F)F)cc2F)s1. The molecule has 0 saturated heterocycles. The Balaban J connectivity index is 1.90. The van der Waals surface area contributed by atoms with Crippen molar-refractivity contribution in [3.63, 3.8) is 0 Å². The van der Waals surface area contributed by atoms with E-state index in [2.05, 4.69) is 10.3 Å². The molecule has 0 atom stereocenters. The van der Waals surface area contributed by atoms with Crippen molar-refractivity contribution in [1.29, 1.82) is 0 Å². The van der Waals surface area contributed by atoms with Crippen LogP contribution in [0.3, 0.4) is 0 Å². The first-order chi connectivity index (χ1) is 12.3. The molecule has 2 aromatic carbocycles. The minimum atomic E-state index is -4.68. The summed E-state index contributed by atoms with van der Waals surface area (Å²) in [6.45, 7) is 1.76. The van der Waals surface area contributed by atoms with Gasteiger partial charge in [-0.15, -0.1) is 11.3 Å². The summed E-state index contributed by atoms with van der Waals surface area (Å²) in [6, 6.07) is 10.9. The van der Waals surface area contributed by atoms with Crippen molar-refractivity contribution in [1.82, 2.24) is 4.98 Å². The zero-order valence-corrected chi connectivity index (χ0v) is 14.2. The number of thiazole rings is 1. The number of benzene rings is 2. The Kier molecular flexibility index (Phi) is 4.78. The predicted octanol–water partition coefficient (Wildman–Crippen LogP) is 5.53.